The molecule has 2 heteroatoms. The predicted octanol–water partition coefficient (Wildman–Crippen LogP) is 3.51. The van der Waals surface area contributed by atoms with Crippen molar-refractivity contribution in [3.63, 3.8) is 0 Å². The Morgan fingerprint density at radius 1 is 1.21 bits per heavy atom. The molecule has 1 saturated carbocycles. The molecule has 0 bridgehead atoms. The van der Waals surface area contributed by atoms with E-state index in [0.717, 1.165) is 18.9 Å². The van der Waals surface area contributed by atoms with Crippen molar-refractivity contribution in [3.05, 3.63) is 35.4 Å². The third-order valence-corrected chi connectivity index (χ3v) is 4.15. The molecule has 1 unspecified atom stereocenters. The van der Waals surface area contributed by atoms with Crippen LogP contribution in [0.3, 0.4) is 0 Å². The van der Waals surface area contributed by atoms with Crippen LogP contribution in [0.4, 0.5) is 0 Å². The van der Waals surface area contributed by atoms with E-state index in [0.29, 0.717) is 6.04 Å². The summed E-state index contributed by atoms with van der Waals surface area (Å²) < 4.78 is 0. The number of rotatable bonds is 7. The van der Waals surface area contributed by atoms with Crippen molar-refractivity contribution in [2.75, 3.05) is 13.1 Å². The van der Waals surface area contributed by atoms with Gasteiger partial charge in [0.1, 0.15) is 0 Å². The Balaban J connectivity index is 1.83. The number of hydrogen-bond donors (Lipinski definition) is 1. The van der Waals surface area contributed by atoms with Crippen LogP contribution in [0, 0.1) is 12.8 Å². The van der Waals surface area contributed by atoms with Crippen LogP contribution in [0.2, 0.25) is 0 Å². The summed E-state index contributed by atoms with van der Waals surface area (Å²) in [4.78, 5) is 2.59. The molecule has 1 aliphatic rings. The van der Waals surface area contributed by atoms with E-state index in [9.17, 15) is 0 Å². The Bertz CT molecular complexity index is 379. The highest BCUT2D eigenvalue weighted by molar-refractivity contribution is 5.23. The average molecular weight is 260 g/mol. The first-order chi connectivity index (χ1) is 9.06. The second-order valence-corrected chi connectivity index (χ2v) is 6.34. The van der Waals surface area contributed by atoms with Gasteiger partial charge in [-0.1, -0.05) is 29.8 Å². The molecule has 0 aliphatic heterocycles. The summed E-state index contributed by atoms with van der Waals surface area (Å²) in [5.74, 6) is 0.956. The third kappa shape index (κ3) is 4.63. The van der Waals surface area contributed by atoms with Crippen molar-refractivity contribution in [2.24, 2.45) is 11.7 Å². The van der Waals surface area contributed by atoms with Crippen molar-refractivity contribution < 1.29 is 0 Å². The van der Waals surface area contributed by atoms with E-state index in [2.05, 4.69) is 49.9 Å². The molecule has 2 rings (SSSR count). The number of aryl methyl sites for hydroxylation is 1. The van der Waals surface area contributed by atoms with Gasteiger partial charge in [0.15, 0.2) is 0 Å². The summed E-state index contributed by atoms with van der Waals surface area (Å²) in [6.07, 6.45) is 3.90. The molecule has 19 heavy (non-hydrogen) atoms. The maximum atomic E-state index is 6.31. The van der Waals surface area contributed by atoms with E-state index in [1.165, 1.54) is 30.5 Å². The van der Waals surface area contributed by atoms with Crippen LogP contribution >= 0.6 is 0 Å². The van der Waals surface area contributed by atoms with Gasteiger partial charge in [-0.05, 0) is 51.5 Å². The van der Waals surface area contributed by atoms with E-state index in [-0.39, 0.29) is 6.04 Å². The summed E-state index contributed by atoms with van der Waals surface area (Å²) in [7, 11) is 0. The first-order valence-corrected chi connectivity index (χ1v) is 7.62. The molecule has 1 aromatic rings. The Hall–Kier alpha value is -0.860. The van der Waals surface area contributed by atoms with Gasteiger partial charge in [0.2, 0.25) is 0 Å². The highest BCUT2D eigenvalue weighted by atomic mass is 15.1. The van der Waals surface area contributed by atoms with E-state index in [4.69, 9.17) is 5.73 Å². The molecule has 0 saturated heterocycles. The van der Waals surface area contributed by atoms with Crippen LogP contribution < -0.4 is 5.73 Å². The van der Waals surface area contributed by atoms with Crippen molar-refractivity contribution in [2.45, 2.75) is 52.1 Å². The normalized spacial score (nSPS) is 17.2. The highest BCUT2D eigenvalue weighted by Crippen LogP contribution is 2.30. The molecule has 1 aliphatic carbocycles. The summed E-state index contributed by atoms with van der Waals surface area (Å²) >= 11 is 0. The maximum Gasteiger partial charge on any atom is 0.0307 e. The van der Waals surface area contributed by atoms with Gasteiger partial charge in [0, 0.05) is 25.2 Å². The largest absolute Gasteiger partial charge is 0.324 e. The Labute approximate surface area is 118 Å². The molecular weight excluding hydrogens is 232 g/mol. The lowest BCUT2D eigenvalue weighted by Crippen LogP contribution is -2.35. The van der Waals surface area contributed by atoms with E-state index < -0.39 is 0 Å². The van der Waals surface area contributed by atoms with Crippen LogP contribution in [-0.2, 0) is 0 Å². The lowest BCUT2D eigenvalue weighted by molar-refractivity contribution is 0.205. The number of hydrogen-bond acceptors (Lipinski definition) is 2. The standard InChI is InChI=1S/C17H28N2/c1-13(2)19(12-15-6-7-15)11-10-17(18)16-8-4-14(3)5-9-16/h4-5,8-9,13,15,17H,6-7,10-12,18H2,1-3H3. The van der Waals surface area contributed by atoms with Gasteiger partial charge in [-0.25, -0.2) is 0 Å². The van der Waals surface area contributed by atoms with Crippen LogP contribution in [0.5, 0.6) is 0 Å². The lowest BCUT2D eigenvalue weighted by atomic mass is 10.0. The molecule has 0 spiro atoms. The van der Waals surface area contributed by atoms with Crippen LogP contribution in [0.25, 0.3) is 0 Å². The molecule has 2 N–H and O–H groups in total. The van der Waals surface area contributed by atoms with Gasteiger partial charge in [-0.15, -0.1) is 0 Å². The van der Waals surface area contributed by atoms with Crippen molar-refractivity contribution in [1.29, 1.82) is 0 Å². The monoisotopic (exact) mass is 260 g/mol. The van der Waals surface area contributed by atoms with E-state index in [1.807, 2.05) is 0 Å². The predicted molar refractivity (Wildman–Crippen MR) is 82.2 cm³/mol. The van der Waals surface area contributed by atoms with Gasteiger partial charge < -0.3 is 10.6 Å². The van der Waals surface area contributed by atoms with Gasteiger partial charge in [-0.2, -0.15) is 0 Å². The van der Waals surface area contributed by atoms with Crippen molar-refractivity contribution in [3.8, 4) is 0 Å². The Kier molecular flexibility index (Phi) is 5.00. The average Bonchev–Trinajstić information content (AvgIpc) is 3.18. The minimum absolute atomic E-state index is 0.168. The van der Waals surface area contributed by atoms with E-state index in [1.54, 1.807) is 0 Å². The molecule has 106 valence electrons. The zero-order valence-corrected chi connectivity index (χ0v) is 12.6. The summed E-state index contributed by atoms with van der Waals surface area (Å²) in [5, 5.41) is 0. The minimum atomic E-state index is 0.168. The van der Waals surface area contributed by atoms with Gasteiger partial charge in [0.25, 0.3) is 0 Å². The lowest BCUT2D eigenvalue weighted by Gasteiger charge is -2.27. The molecular formula is C17H28N2. The molecule has 0 aromatic heterocycles. The van der Waals surface area contributed by atoms with Crippen LogP contribution in [0.15, 0.2) is 24.3 Å². The quantitative estimate of drug-likeness (QED) is 0.813. The maximum absolute atomic E-state index is 6.31. The number of benzene rings is 1. The summed E-state index contributed by atoms with van der Waals surface area (Å²) in [6, 6.07) is 9.44. The second-order valence-electron chi connectivity index (χ2n) is 6.34. The first kappa shape index (κ1) is 14.5. The van der Waals surface area contributed by atoms with Gasteiger partial charge >= 0.3 is 0 Å². The van der Waals surface area contributed by atoms with Crippen LogP contribution in [0.1, 0.15) is 50.3 Å². The van der Waals surface area contributed by atoms with Crippen molar-refractivity contribution >= 4 is 0 Å². The van der Waals surface area contributed by atoms with Gasteiger partial charge in [0.05, 0.1) is 0 Å². The van der Waals surface area contributed by atoms with Crippen molar-refractivity contribution in [1.82, 2.24) is 4.90 Å². The zero-order valence-electron chi connectivity index (χ0n) is 12.6. The number of nitrogens with zero attached hydrogens (tertiary/aromatic N) is 1. The fourth-order valence-electron chi connectivity index (χ4n) is 2.48. The fourth-order valence-corrected chi connectivity index (χ4v) is 2.48. The molecule has 0 heterocycles. The molecule has 1 atom stereocenters. The highest BCUT2D eigenvalue weighted by Gasteiger charge is 2.25. The molecule has 1 aromatic carbocycles. The fraction of sp³-hybridized carbons (Fsp3) is 0.647. The van der Waals surface area contributed by atoms with Gasteiger partial charge in [-0.3, -0.25) is 0 Å². The summed E-state index contributed by atoms with van der Waals surface area (Å²) in [5.41, 5.74) is 8.88. The number of nitrogens with two attached hydrogens (primary N) is 1. The smallest absolute Gasteiger partial charge is 0.0307 e. The molecule has 2 nitrogen and oxygen atoms in total. The Morgan fingerprint density at radius 2 is 1.84 bits per heavy atom. The minimum Gasteiger partial charge on any atom is -0.324 e. The second kappa shape index (κ2) is 6.53. The topological polar surface area (TPSA) is 29.3 Å². The summed E-state index contributed by atoms with van der Waals surface area (Å²) in [6.45, 7) is 9.08. The van der Waals surface area contributed by atoms with Crippen LogP contribution in [-0.4, -0.2) is 24.0 Å². The molecule has 1 fully saturated rings. The SMILES string of the molecule is Cc1ccc(C(N)CCN(CC2CC2)C(C)C)cc1. The zero-order chi connectivity index (χ0) is 13.8. The first-order valence-electron chi connectivity index (χ1n) is 7.62. The molecule has 0 amide bonds. The Morgan fingerprint density at radius 3 is 2.37 bits per heavy atom. The van der Waals surface area contributed by atoms with E-state index >= 15 is 0 Å². The third-order valence-electron chi connectivity index (χ3n) is 4.15. The molecule has 0 radical (unpaired) electrons.